The van der Waals surface area contributed by atoms with Gasteiger partial charge in [-0.1, -0.05) is 25.5 Å². The van der Waals surface area contributed by atoms with E-state index >= 15 is 0 Å². The van der Waals surface area contributed by atoms with Crippen LogP contribution in [0.4, 0.5) is 0 Å². The smallest absolute Gasteiger partial charge is 0.338 e. The first-order chi connectivity index (χ1) is 15.6. The van der Waals surface area contributed by atoms with E-state index < -0.39 is 36.7 Å². The lowest BCUT2D eigenvalue weighted by Gasteiger charge is -2.56. The second-order valence-electron chi connectivity index (χ2n) is 11.4. The van der Waals surface area contributed by atoms with Gasteiger partial charge in [0.2, 0.25) is 0 Å². The highest BCUT2D eigenvalue weighted by molar-refractivity contribution is 5.87. The van der Waals surface area contributed by atoms with Crippen LogP contribution in [0.15, 0.2) is 11.6 Å². The van der Waals surface area contributed by atoms with Gasteiger partial charge in [0.05, 0.1) is 0 Å². The lowest BCUT2D eigenvalue weighted by molar-refractivity contribution is -0.282. The molecule has 4 fully saturated rings. The standard InChI is InChI=1S/C25H36O8/c1-24-9-7-13(32-23(31)21-19(28)18(27)20(29)22(30)33-21)11-12(24)3-4-14-15-5-6-17(26)25(15,2)10-8-16(14)24/h3,13-16,18-22,27-30H,4-11H2,1-2H3/t13-,14+,15+,16+,18+,19+,20-,21+,22-,24+,25+/m1/s1. The largest absolute Gasteiger partial charge is 0.460 e. The first-order valence-corrected chi connectivity index (χ1v) is 12.4. The molecule has 0 unspecified atom stereocenters. The van der Waals surface area contributed by atoms with Crippen molar-refractivity contribution in [1.82, 2.24) is 0 Å². The van der Waals surface area contributed by atoms with Crippen LogP contribution in [0.25, 0.3) is 0 Å². The summed E-state index contributed by atoms with van der Waals surface area (Å²) in [5.41, 5.74) is 1.19. The van der Waals surface area contributed by atoms with Crippen LogP contribution in [0.1, 0.15) is 65.2 Å². The summed E-state index contributed by atoms with van der Waals surface area (Å²) in [4.78, 5) is 25.3. The third kappa shape index (κ3) is 3.52. The van der Waals surface area contributed by atoms with Crippen molar-refractivity contribution in [3.63, 3.8) is 0 Å². The Labute approximate surface area is 194 Å². The fourth-order valence-electron chi connectivity index (χ4n) is 7.79. The van der Waals surface area contributed by atoms with Crippen LogP contribution < -0.4 is 0 Å². The number of allylic oxidation sites excluding steroid dienone is 1. The molecule has 8 heteroatoms. The fourth-order valence-corrected chi connectivity index (χ4v) is 7.79. The van der Waals surface area contributed by atoms with Gasteiger partial charge in [-0.15, -0.1) is 0 Å². The van der Waals surface area contributed by atoms with Gasteiger partial charge in [0.15, 0.2) is 12.4 Å². The molecule has 0 bridgehead atoms. The highest BCUT2D eigenvalue weighted by atomic mass is 16.7. The SMILES string of the molecule is C[C@]12CC[C@@H](OC(=O)[C@H]3O[C@@H](O)[C@H](O)[C@@H](O)[C@@H]3O)CC1=CC[C@@H]1[C@@H]2CC[C@]2(C)C(=O)CC[C@@H]12. The Morgan fingerprint density at radius 3 is 2.45 bits per heavy atom. The molecule has 5 aliphatic rings. The number of ether oxygens (including phenoxy) is 2. The third-order valence-corrected chi connectivity index (χ3v) is 9.87. The summed E-state index contributed by atoms with van der Waals surface area (Å²) >= 11 is 0. The summed E-state index contributed by atoms with van der Waals surface area (Å²) in [7, 11) is 0. The number of carbonyl (C=O) groups is 2. The molecule has 184 valence electrons. The van der Waals surface area contributed by atoms with Gasteiger partial charge in [-0.05, 0) is 61.7 Å². The van der Waals surface area contributed by atoms with Crippen molar-refractivity contribution in [1.29, 1.82) is 0 Å². The number of rotatable bonds is 2. The van der Waals surface area contributed by atoms with E-state index in [0.29, 0.717) is 42.8 Å². The lowest BCUT2D eigenvalue weighted by atomic mass is 9.48. The van der Waals surface area contributed by atoms with Gasteiger partial charge < -0.3 is 29.9 Å². The molecule has 5 rings (SSSR count). The number of aliphatic hydroxyl groups excluding tert-OH is 4. The van der Waals surface area contributed by atoms with Crippen LogP contribution in [-0.4, -0.2) is 69.0 Å². The average molecular weight is 465 g/mol. The quantitative estimate of drug-likeness (QED) is 0.354. The molecule has 1 aliphatic heterocycles. The van der Waals surface area contributed by atoms with Crippen LogP contribution in [0.5, 0.6) is 0 Å². The molecule has 0 aromatic heterocycles. The number of Topliss-reactive ketones (excluding diaryl/α,β-unsaturated/α-hetero) is 1. The van der Waals surface area contributed by atoms with E-state index in [1.54, 1.807) is 0 Å². The molecule has 0 aromatic carbocycles. The number of ketones is 1. The van der Waals surface area contributed by atoms with Gasteiger partial charge in [-0.2, -0.15) is 0 Å². The topological polar surface area (TPSA) is 134 Å². The zero-order valence-corrected chi connectivity index (χ0v) is 19.4. The first kappa shape index (κ1) is 23.4. The van der Waals surface area contributed by atoms with Crippen molar-refractivity contribution in [3.05, 3.63) is 11.6 Å². The molecule has 8 nitrogen and oxygen atoms in total. The fraction of sp³-hybridized carbons (Fsp3) is 0.840. The second-order valence-corrected chi connectivity index (χ2v) is 11.4. The van der Waals surface area contributed by atoms with Crippen LogP contribution in [-0.2, 0) is 19.1 Å². The number of fused-ring (bicyclic) bond motifs is 5. The van der Waals surface area contributed by atoms with Gasteiger partial charge in [0.1, 0.15) is 30.2 Å². The lowest BCUT2D eigenvalue weighted by Crippen LogP contribution is -2.60. The molecule has 11 atom stereocenters. The average Bonchev–Trinajstić information content (AvgIpc) is 3.09. The molecule has 1 saturated heterocycles. The highest BCUT2D eigenvalue weighted by Gasteiger charge is 2.59. The molecule has 1 heterocycles. The molecule has 4 aliphatic carbocycles. The Balaban J connectivity index is 1.27. The maximum Gasteiger partial charge on any atom is 0.338 e. The van der Waals surface area contributed by atoms with Crippen LogP contribution in [0, 0.1) is 28.6 Å². The maximum absolute atomic E-state index is 12.7. The molecular weight excluding hydrogens is 428 g/mol. The summed E-state index contributed by atoms with van der Waals surface area (Å²) in [5, 5.41) is 39.3. The van der Waals surface area contributed by atoms with Crippen molar-refractivity contribution in [2.45, 2.75) is 102 Å². The third-order valence-electron chi connectivity index (χ3n) is 9.87. The summed E-state index contributed by atoms with van der Waals surface area (Å²) < 4.78 is 10.7. The number of esters is 1. The summed E-state index contributed by atoms with van der Waals surface area (Å²) in [6.07, 6.45) is 0.446. The number of aliphatic hydroxyl groups is 4. The Morgan fingerprint density at radius 1 is 1.00 bits per heavy atom. The monoisotopic (exact) mass is 464 g/mol. The molecule has 4 N–H and O–H groups in total. The van der Waals surface area contributed by atoms with Crippen molar-refractivity contribution in [2.24, 2.45) is 28.6 Å². The summed E-state index contributed by atoms with van der Waals surface area (Å²) in [6.45, 7) is 4.50. The van der Waals surface area contributed by atoms with Gasteiger partial charge >= 0.3 is 5.97 Å². The normalized spacial score (nSPS) is 51.8. The molecule has 0 amide bonds. The van der Waals surface area contributed by atoms with Gasteiger partial charge in [0, 0.05) is 18.3 Å². The zero-order chi connectivity index (χ0) is 23.7. The molecule has 3 saturated carbocycles. The number of hydrogen-bond donors (Lipinski definition) is 4. The zero-order valence-electron chi connectivity index (χ0n) is 19.4. The minimum atomic E-state index is -1.77. The number of hydrogen-bond acceptors (Lipinski definition) is 8. The molecule has 0 spiro atoms. The van der Waals surface area contributed by atoms with E-state index in [9.17, 15) is 30.0 Å². The van der Waals surface area contributed by atoms with Gasteiger partial charge in [0.25, 0.3) is 0 Å². The Hall–Kier alpha value is -1.32. The minimum absolute atomic E-state index is 0.0378. The summed E-state index contributed by atoms with van der Waals surface area (Å²) in [5.74, 6) is 1.13. The van der Waals surface area contributed by atoms with Crippen molar-refractivity contribution < 1.29 is 39.5 Å². The molecule has 33 heavy (non-hydrogen) atoms. The van der Waals surface area contributed by atoms with Crippen molar-refractivity contribution in [3.8, 4) is 0 Å². The van der Waals surface area contributed by atoms with E-state index in [-0.39, 0.29) is 16.9 Å². The van der Waals surface area contributed by atoms with Crippen LogP contribution in [0.3, 0.4) is 0 Å². The van der Waals surface area contributed by atoms with Gasteiger partial charge in [-0.25, -0.2) is 4.79 Å². The van der Waals surface area contributed by atoms with Gasteiger partial charge in [-0.3, -0.25) is 4.79 Å². The first-order valence-electron chi connectivity index (χ1n) is 12.4. The van der Waals surface area contributed by atoms with E-state index in [1.165, 1.54) is 5.57 Å². The predicted molar refractivity (Wildman–Crippen MR) is 115 cm³/mol. The molecule has 0 radical (unpaired) electrons. The highest BCUT2D eigenvalue weighted by Crippen LogP contribution is 2.64. The maximum atomic E-state index is 12.7. The Bertz CT molecular complexity index is 855. The van der Waals surface area contributed by atoms with Crippen molar-refractivity contribution >= 4 is 11.8 Å². The molecular formula is C25H36O8. The Kier molecular flexibility index (Phi) is 5.77. The van der Waals surface area contributed by atoms with E-state index in [2.05, 4.69) is 19.9 Å². The predicted octanol–water partition coefficient (Wildman–Crippen LogP) is 1.23. The van der Waals surface area contributed by atoms with Crippen LogP contribution in [0.2, 0.25) is 0 Å². The van der Waals surface area contributed by atoms with Crippen LogP contribution >= 0.6 is 0 Å². The molecule has 0 aromatic rings. The minimum Gasteiger partial charge on any atom is -0.460 e. The second kappa shape index (κ2) is 8.12. The Morgan fingerprint density at radius 2 is 1.70 bits per heavy atom. The summed E-state index contributed by atoms with van der Waals surface area (Å²) in [6, 6.07) is 0. The van der Waals surface area contributed by atoms with E-state index in [1.807, 2.05) is 0 Å². The van der Waals surface area contributed by atoms with E-state index in [0.717, 1.165) is 32.1 Å². The van der Waals surface area contributed by atoms with Crippen molar-refractivity contribution in [2.75, 3.05) is 0 Å². The number of carbonyl (C=O) groups excluding carboxylic acids is 2. The van der Waals surface area contributed by atoms with E-state index in [4.69, 9.17) is 9.47 Å².